The molecule has 4 nitrogen and oxygen atoms in total. The third-order valence-electron chi connectivity index (χ3n) is 2.91. The fourth-order valence-corrected chi connectivity index (χ4v) is 3.39. The highest BCUT2D eigenvalue weighted by molar-refractivity contribution is 7.84. The first-order valence-electron chi connectivity index (χ1n) is 6.21. The Morgan fingerprint density at radius 3 is 2.59 bits per heavy atom. The van der Waals surface area contributed by atoms with Gasteiger partial charge in [0.05, 0.1) is 39.1 Å². The molecule has 0 saturated carbocycles. The van der Waals surface area contributed by atoms with E-state index in [1.807, 2.05) is 0 Å². The number of hydrogen-bond acceptors (Lipinski definition) is 3. The zero-order valence-corrected chi connectivity index (χ0v) is 14.2. The lowest BCUT2D eigenvalue weighted by Crippen LogP contribution is -2.15. The second-order valence-corrected chi connectivity index (χ2v) is 6.53. The zero-order chi connectivity index (χ0) is 16.3. The molecule has 2 aromatic rings. The van der Waals surface area contributed by atoms with Crippen LogP contribution in [0.3, 0.4) is 0 Å². The minimum Gasteiger partial charge on any atom is -0.496 e. The van der Waals surface area contributed by atoms with Crippen LogP contribution in [-0.4, -0.2) is 23.5 Å². The lowest BCUT2D eigenvalue weighted by molar-refractivity contribution is 0.102. The molecule has 0 bridgehead atoms. The van der Waals surface area contributed by atoms with Crippen LogP contribution in [0.25, 0.3) is 0 Å². The summed E-state index contributed by atoms with van der Waals surface area (Å²) in [6.45, 7) is 0. The molecule has 22 heavy (non-hydrogen) atoms. The van der Waals surface area contributed by atoms with Crippen LogP contribution < -0.4 is 10.1 Å². The van der Waals surface area contributed by atoms with Gasteiger partial charge in [0.1, 0.15) is 5.75 Å². The monoisotopic (exact) mass is 357 g/mol. The van der Waals surface area contributed by atoms with Crippen LogP contribution >= 0.6 is 23.2 Å². The van der Waals surface area contributed by atoms with Crippen molar-refractivity contribution in [2.24, 2.45) is 0 Å². The molecule has 1 amide bonds. The van der Waals surface area contributed by atoms with E-state index < -0.39 is 16.7 Å². The van der Waals surface area contributed by atoms with Gasteiger partial charge in [0.2, 0.25) is 0 Å². The summed E-state index contributed by atoms with van der Waals surface area (Å²) in [4.78, 5) is 12.8. The fourth-order valence-electron chi connectivity index (χ4n) is 1.95. The van der Waals surface area contributed by atoms with Gasteiger partial charge in [-0.25, -0.2) is 0 Å². The Morgan fingerprint density at radius 2 is 1.95 bits per heavy atom. The van der Waals surface area contributed by atoms with E-state index in [9.17, 15) is 9.00 Å². The third kappa shape index (κ3) is 3.61. The predicted octanol–water partition coefficient (Wildman–Crippen LogP) is 3.99. The Labute approximate surface area is 140 Å². The molecular formula is C15H13Cl2NO3S. The van der Waals surface area contributed by atoms with E-state index in [4.69, 9.17) is 27.9 Å². The van der Waals surface area contributed by atoms with Crippen LogP contribution in [0.2, 0.25) is 10.0 Å². The number of ether oxygens (including phenoxy) is 1. The summed E-state index contributed by atoms with van der Waals surface area (Å²) in [7, 11) is 0.124. The molecule has 1 N–H and O–H groups in total. The number of benzene rings is 2. The summed E-state index contributed by atoms with van der Waals surface area (Å²) in [6.07, 6.45) is 1.50. The summed E-state index contributed by atoms with van der Waals surface area (Å²) in [6, 6.07) is 9.66. The van der Waals surface area contributed by atoms with Crippen molar-refractivity contribution in [2.75, 3.05) is 18.7 Å². The molecule has 0 fully saturated rings. The smallest absolute Gasteiger partial charge is 0.259 e. The molecule has 0 aliphatic carbocycles. The molecule has 0 saturated heterocycles. The van der Waals surface area contributed by atoms with Gasteiger partial charge in [-0.15, -0.1) is 0 Å². The summed E-state index contributed by atoms with van der Waals surface area (Å²) >= 11 is 12.0. The van der Waals surface area contributed by atoms with Gasteiger partial charge in [0.15, 0.2) is 0 Å². The first-order chi connectivity index (χ1) is 10.4. The van der Waals surface area contributed by atoms with Crippen LogP contribution in [0.5, 0.6) is 5.75 Å². The molecule has 0 spiro atoms. The van der Waals surface area contributed by atoms with Gasteiger partial charge in [0.25, 0.3) is 5.91 Å². The molecule has 2 rings (SSSR count). The number of rotatable bonds is 4. The van der Waals surface area contributed by atoms with Gasteiger partial charge < -0.3 is 10.1 Å². The lowest BCUT2D eigenvalue weighted by atomic mass is 10.2. The van der Waals surface area contributed by atoms with E-state index in [0.717, 1.165) is 0 Å². The third-order valence-corrected chi connectivity index (χ3v) is 4.59. The van der Waals surface area contributed by atoms with Crippen molar-refractivity contribution in [2.45, 2.75) is 4.90 Å². The summed E-state index contributed by atoms with van der Waals surface area (Å²) in [5, 5.41) is 3.44. The molecular weight excluding hydrogens is 345 g/mol. The topological polar surface area (TPSA) is 55.4 Å². The number of anilines is 1. The van der Waals surface area contributed by atoms with Crippen molar-refractivity contribution in [3.63, 3.8) is 0 Å². The first-order valence-corrected chi connectivity index (χ1v) is 8.52. The Kier molecular flexibility index (Phi) is 5.45. The van der Waals surface area contributed by atoms with Gasteiger partial charge in [-0.1, -0.05) is 29.3 Å². The highest BCUT2D eigenvalue weighted by Crippen LogP contribution is 2.29. The van der Waals surface area contributed by atoms with Gasteiger partial charge in [-0.3, -0.25) is 9.00 Å². The van der Waals surface area contributed by atoms with Crippen molar-refractivity contribution >= 4 is 45.6 Å². The average Bonchev–Trinajstić information content (AvgIpc) is 2.46. The summed E-state index contributed by atoms with van der Waals surface area (Å²) in [5.41, 5.74) is 0.670. The predicted molar refractivity (Wildman–Crippen MR) is 89.7 cm³/mol. The molecule has 0 aliphatic rings. The number of amides is 1. The summed E-state index contributed by atoms with van der Waals surface area (Å²) < 4.78 is 17.0. The number of nitrogens with one attached hydrogen (secondary N) is 1. The van der Waals surface area contributed by atoms with Gasteiger partial charge in [-0.2, -0.15) is 0 Å². The molecule has 2 aromatic carbocycles. The molecule has 7 heteroatoms. The Hall–Kier alpha value is -1.56. The molecule has 0 radical (unpaired) electrons. The largest absolute Gasteiger partial charge is 0.496 e. The number of halogens is 2. The number of carbonyl (C=O) groups excluding carboxylic acids is 1. The van der Waals surface area contributed by atoms with Crippen molar-refractivity contribution in [3.05, 3.63) is 52.0 Å². The number of carbonyl (C=O) groups is 1. The molecule has 1 atom stereocenters. The van der Waals surface area contributed by atoms with Crippen molar-refractivity contribution in [1.29, 1.82) is 0 Å². The van der Waals surface area contributed by atoms with Crippen LogP contribution in [0.4, 0.5) is 5.69 Å². The van der Waals surface area contributed by atoms with Crippen molar-refractivity contribution < 1.29 is 13.7 Å². The van der Waals surface area contributed by atoms with Crippen LogP contribution in [0, 0.1) is 0 Å². The zero-order valence-electron chi connectivity index (χ0n) is 11.9. The van der Waals surface area contributed by atoms with Crippen molar-refractivity contribution in [3.8, 4) is 5.75 Å². The van der Waals surface area contributed by atoms with Gasteiger partial charge >= 0.3 is 0 Å². The standard InChI is InChI=1S/C15H13Cl2NO3S/c1-21-13-7-6-9(16)8-10(13)15(19)18-12-5-3-4-11(17)14(12)22(2)20/h3-8H,1-2H3,(H,18,19)/t22-/m0/s1. The number of hydrogen-bond donors (Lipinski definition) is 1. The van der Waals surface area contributed by atoms with E-state index in [-0.39, 0.29) is 5.56 Å². The molecule has 116 valence electrons. The highest BCUT2D eigenvalue weighted by Gasteiger charge is 2.17. The maximum Gasteiger partial charge on any atom is 0.259 e. The van der Waals surface area contributed by atoms with Gasteiger partial charge in [-0.05, 0) is 30.3 Å². The van der Waals surface area contributed by atoms with Crippen LogP contribution in [0.1, 0.15) is 10.4 Å². The maximum atomic E-state index is 12.4. The quantitative estimate of drug-likeness (QED) is 0.899. The van der Waals surface area contributed by atoms with E-state index in [2.05, 4.69) is 5.32 Å². The summed E-state index contributed by atoms with van der Waals surface area (Å²) in [5.74, 6) is -0.0311. The van der Waals surface area contributed by atoms with E-state index in [1.165, 1.54) is 19.4 Å². The molecule has 0 aliphatic heterocycles. The van der Waals surface area contributed by atoms with Crippen molar-refractivity contribution in [1.82, 2.24) is 0 Å². The minimum atomic E-state index is -1.34. The second kappa shape index (κ2) is 7.13. The number of methoxy groups -OCH3 is 1. The van der Waals surface area contributed by atoms with E-state index in [0.29, 0.717) is 26.4 Å². The molecule has 0 heterocycles. The van der Waals surface area contributed by atoms with Crippen LogP contribution in [-0.2, 0) is 10.8 Å². The van der Waals surface area contributed by atoms with Crippen LogP contribution in [0.15, 0.2) is 41.3 Å². The Bertz CT molecular complexity index is 750. The average molecular weight is 358 g/mol. The molecule has 0 unspecified atom stereocenters. The van der Waals surface area contributed by atoms with E-state index >= 15 is 0 Å². The minimum absolute atomic E-state index is 0.280. The first kappa shape index (κ1) is 16.8. The lowest BCUT2D eigenvalue weighted by Gasteiger charge is -2.13. The van der Waals surface area contributed by atoms with Gasteiger partial charge in [0, 0.05) is 11.3 Å². The maximum absolute atomic E-state index is 12.4. The Morgan fingerprint density at radius 1 is 1.23 bits per heavy atom. The normalized spacial score (nSPS) is 11.8. The highest BCUT2D eigenvalue weighted by atomic mass is 35.5. The SMILES string of the molecule is COc1ccc(Cl)cc1C(=O)Nc1cccc(Cl)c1[S@](C)=O. The second-order valence-electron chi connectivity index (χ2n) is 4.37. The molecule has 0 aromatic heterocycles. The fraction of sp³-hybridized carbons (Fsp3) is 0.133. The Balaban J connectivity index is 2.40. The van der Waals surface area contributed by atoms with E-state index in [1.54, 1.807) is 30.3 Å².